The van der Waals surface area contributed by atoms with Crippen molar-refractivity contribution in [2.45, 2.75) is 13.8 Å². The van der Waals surface area contributed by atoms with Crippen LogP contribution >= 0.6 is 90.7 Å². The van der Waals surface area contributed by atoms with Gasteiger partial charge >= 0.3 is 0 Å². The zero-order chi connectivity index (χ0) is 53.0. The quantitative estimate of drug-likeness (QED) is 0.122. The standard InChI is InChI=1S/C70H44N2S8/c1-41-35-47(71-55-19-11-43(59-23-27-67(77-59)63-7-3-31-73-63)37-51(55)52-38-44(12-20-56(52)71)60-24-28-68(78-60)64-8-4-32-74-64)15-17-49(41)50-18-16-48(36-42(50)2)72-57-21-13-45(61-25-29-69(79-61)65-9-5-33-75-65)39-53(57)54-40-46(14-22-58(54)72)62-26-30-70(80-62)66-10-6-34-76-66/h3-40H,1-2H3. The molecule has 0 bridgehead atoms. The van der Waals surface area contributed by atoms with E-state index in [0.717, 1.165) is 11.4 Å². The van der Waals surface area contributed by atoms with Crippen LogP contribution in [0, 0.1) is 13.8 Å². The number of hydrogen-bond donors (Lipinski definition) is 0. The van der Waals surface area contributed by atoms with E-state index in [4.69, 9.17) is 0 Å². The molecule has 80 heavy (non-hydrogen) atoms. The number of aromatic nitrogens is 2. The third kappa shape index (κ3) is 8.31. The Kier molecular flexibility index (Phi) is 11.9. The van der Waals surface area contributed by atoms with E-state index in [1.54, 1.807) is 45.3 Å². The van der Waals surface area contributed by atoms with Crippen LogP contribution < -0.4 is 0 Å². The highest BCUT2D eigenvalue weighted by Gasteiger charge is 2.21. The minimum absolute atomic E-state index is 1.16. The second kappa shape index (κ2) is 19.7. The topological polar surface area (TPSA) is 9.86 Å². The lowest BCUT2D eigenvalue weighted by Gasteiger charge is -2.16. The molecule has 6 aromatic carbocycles. The van der Waals surface area contributed by atoms with Crippen LogP contribution in [0.4, 0.5) is 0 Å². The molecule has 0 amide bonds. The predicted molar refractivity (Wildman–Crippen MR) is 357 cm³/mol. The van der Waals surface area contributed by atoms with Crippen LogP contribution in [0.3, 0.4) is 0 Å². The summed E-state index contributed by atoms with van der Waals surface area (Å²) >= 11 is 14.7. The summed E-state index contributed by atoms with van der Waals surface area (Å²) in [5.74, 6) is 0. The van der Waals surface area contributed by atoms with Crippen LogP contribution in [-0.2, 0) is 0 Å². The number of rotatable bonds is 11. The van der Waals surface area contributed by atoms with Crippen molar-refractivity contribution in [1.82, 2.24) is 9.13 Å². The molecule has 0 N–H and O–H groups in total. The van der Waals surface area contributed by atoms with Gasteiger partial charge < -0.3 is 9.13 Å². The molecule has 0 aliphatic heterocycles. The maximum Gasteiger partial charge on any atom is 0.0541 e. The summed E-state index contributed by atoms with van der Waals surface area (Å²) in [6, 6.07) is 78.1. The molecule has 0 unspecified atom stereocenters. The van der Waals surface area contributed by atoms with Crippen molar-refractivity contribution in [3.05, 3.63) is 239 Å². The molecule has 10 heterocycles. The van der Waals surface area contributed by atoms with Crippen LogP contribution in [0.25, 0.3) is 147 Å². The van der Waals surface area contributed by atoms with E-state index in [2.05, 4.69) is 251 Å². The fraction of sp³-hybridized carbons (Fsp3) is 0.0286. The third-order valence-electron chi connectivity index (χ3n) is 15.4. The van der Waals surface area contributed by atoms with Gasteiger partial charge in [-0.1, -0.05) is 60.7 Å². The Morgan fingerprint density at radius 3 is 0.775 bits per heavy atom. The fourth-order valence-corrected chi connectivity index (χ4v) is 18.9. The van der Waals surface area contributed by atoms with E-state index in [1.807, 2.05) is 45.3 Å². The highest BCUT2D eigenvalue weighted by atomic mass is 32.1. The summed E-state index contributed by atoms with van der Waals surface area (Å²) < 4.78 is 4.95. The summed E-state index contributed by atoms with van der Waals surface area (Å²) in [5, 5.41) is 13.7. The lowest BCUT2D eigenvalue weighted by Crippen LogP contribution is -1.98. The molecule has 0 radical (unpaired) electrons. The van der Waals surface area contributed by atoms with E-state index >= 15 is 0 Å². The molecule has 10 aromatic heterocycles. The Labute approximate surface area is 494 Å². The molecule has 2 nitrogen and oxygen atoms in total. The average molecular weight is 1170 g/mol. The molecular weight excluding hydrogens is 1130 g/mol. The molecule has 382 valence electrons. The molecule has 0 saturated heterocycles. The van der Waals surface area contributed by atoms with Gasteiger partial charge in [-0.2, -0.15) is 0 Å². The van der Waals surface area contributed by atoms with Crippen molar-refractivity contribution >= 4 is 134 Å². The van der Waals surface area contributed by atoms with Gasteiger partial charge in [0.15, 0.2) is 0 Å². The first-order chi connectivity index (χ1) is 39.4. The van der Waals surface area contributed by atoms with Crippen molar-refractivity contribution in [2.75, 3.05) is 0 Å². The van der Waals surface area contributed by atoms with Crippen molar-refractivity contribution < 1.29 is 0 Å². The normalized spacial score (nSPS) is 11.9. The molecule has 16 aromatic rings. The number of benzene rings is 6. The number of aryl methyl sites for hydroxylation is 2. The molecular formula is C70H44N2S8. The Morgan fingerprint density at radius 1 is 0.250 bits per heavy atom. The second-order valence-electron chi connectivity index (χ2n) is 20.2. The molecule has 0 aliphatic carbocycles. The number of thiophene rings is 8. The van der Waals surface area contributed by atoms with Gasteiger partial charge in [-0.15, -0.1) is 90.7 Å². The second-order valence-corrected chi connectivity index (χ2v) is 28.3. The first-order valence-corrected chi connectivity index (χ1v) is 33.2. The van der Waals surface area contributed by atoms with Crippen molar-refractivity contribution in [3.63, 3.8) is 0 Å². The highest BCUT2D eigenvalue weighted by molar-refractivity contribution is 7.25. The summed E-state index contributed by atoms with van der Waals surface area (Å²) in [6.45, 7) is 4.55. The van der Waals surface area contributed by atoms with E-state index < -0.39 is 0 Å². The van der Waals surface area contributed by atoms with Gasteiger partial charge in [0.05, 0.1) is 22.1 Å². The van der Waals surface area contributed by atoms with E-state index in [-0.39, 0.29) is 0 Å². The van der Waals surface area contributed by atoms with Crippen molar-refractivity contribution in [2.24, 2.45) is 0 Å². The predicted octanol–water partition coefficient (Wildman–Crippen LogP) is 24.0. The number of hydrogen-bond acceptors (Lipinski definition) is 8. The van der Waals surface area contributed by atoms with Gasteiger partial charge in [0.25, 0.3) is 0 Å². The van der Waals surface area contributed by atoms with Gasteiger partial charge in [0.2, 0.25) is 0 Å². The van der Waals surface area contributed by atoms with Crippen molar-refractivity contribution in [1.29, 1.82) is 0 Å². The summed E-state index contributed by atoms with van der Waals surface area (Å²) in [4.78, 5) is 15.6. The molecule has 0 saturated carbocycles. The molecule has 16 rings (SSSR count). The maximum absolute atomic E-state index is 2.48. The average Bonchev–Trinajstić information content (AvgIpc) is 4.32. The molecule has 10 heteroatoms. The SMILES string of the molecule is Cc1cc(-n2c3ccc(-c4ccc(-c5cccs5)s4)cc3c3cc(-c4ccc(-c5cccs5)s4)ccc32)ccc1-c1ccc(-n2c3ccc(-c4ccc(-c5cccs5)s4)cc3c3cc(-c4ccc(-c5cccs5)s4)ccc32)cc1C. The minimum Gasteiger partial charge on any atom is -0.309 e. The van der Waals surface area contributed by atoms with E-state index in [0.29, 0.717) is 0 Å². The Hall–Kier alpha value is -7.48. The summed E-state index contributed by atoms with van der Waals surface area (Å²) in [7, 11) is 0. The van der Waals surface area contributed by atoms with Crippen LogP contribution in [0.1, 0.15) is 11.1 Å². The Morgan fingerprint density at radius 2 is 0.525 bits per heavy atom. The Bertz CT molecular complexity index is 4390. The summed E-state index contributed by atoms with van der Waals surface area (Å²) in [5.41, 5.74) is 17.1. The zero-order valence-electron chi connectivity index (χ0n) is 43.1. The van der Waals surface area contributed by atoms with E-state index in [9.17, 15) is 0 Å². The van der Waals surface area contributed by atoms with Gasteiger partial charge in [0, 0.05) is 91.4 Å². The first-order valence-electron chi connectivity index (χ1n) is 26.4. The smallest absolute Gasteiger partial charge is 0.0541 e. The lowest BCUT2D eigenvalue weighted by molar-refractivity contribution is 1.16. The van der Waals surface area contributed by atoms with Crippen LogP contribution in [0.15, 0.2) is 228 Å². The maximum atomic E-state index is 2.48. The monoisotopic (exact) mass is 1170 g/mol. The van der Waals surface area contributed by atoms with Gasteiger partial charge in [0.1, 0.15) is 0 Å². The van der Waals surface area contributed by atoms with Gasteiger partial charge in [-0.25, -0.2) is 0 Å². The van der Waals surface area contributed by atoms with Crippen molar-refractivity contribution in [3.8, 4) is 103 Å². The molecule has 0 fully saturated rings. The molecule has 0 atom stereocenters. The lowest BCUT2D eigenvalue weighted by atomic mass is 9.95. The van der Waals surface area contributed by atoms with Gasteiger partial charge in [-0.3, -0.25) is 0 Å². The number of nitrogens with zero attached hydrogens (tertiary/aromatic N) is 2. The first kappa shape index (κ1) is 48.4. The number of fused-ring (bicyclic) bond motifs is 6. The fourth-order valence-electron chi connectivity index (χ4n) is 11.6. The molecule has 0 spiro atoms. The highest BCUT2D eigenvalue weighted by Crippen LogP contribution is 2.46. The Balaban J connectivity index is 0.780. The van der Waals surface area contributed by atoms with E-state index in [1.165, 1.54) is 147 Å². The zero-order valence-corrected chi connectivity index (χ0v) is 49.6. The van der Waals surface area contributed by atoms with Crippen LogP contribution in [0.2, 0.25) is 0 Å². The van der Waals surface area contributed by atoms with Crippen LogP contribution in [0.5, 0.6) is 0 Å². The molecule has 0 aliphatic rings. The summed E-state index contributed by atoms with van der Waals surface area (Å²) in [6.07, 6.45) is 0. The minimum atomic E-state index is 1.16. The third-order valence-corrected chi connectivity index (χ3v) is 24.2. The van der Waals surface area contributed by atoms with Gasteiger partial charge in [-0.05, 0) is 225 Å². The van der Waals surface area contributed by atoms with Crippen LogP contribution in [-0.4, -0.2) is 9.13 Å². The largest absolute Gasteiger partial charge is 0.309 e.